The first kappa shape index (κ1) is 15.1. The zero-order valence-corrected chi connectivity index (χ0v) is 12.4. The SMILES string of the molecule is CCC(CC)NC(=O)COc1ccc(N)c2cccnc12. The van der Waals surface area contributed by atoms with Crippen molar-refractivity contribution >= 4 is 22.5 Å². The number of aromatic nitrogens is 1. The number of nitrogens with two attached hydrogens (primary N) is 1. The lowest BCUT2D eigenvalue weighted by Crippen LogP contribution is -2.37. The van der Waals surface area contributed by atoms with Gasteiger partial charge in [-0.05, 0) is 37.1 Å². The molecule has 0 saturated carbocycles. The Labute approximate surface area is 124 Å². The van der Waals surface area contributed by atoms with Crippen LogP contribution in [0.5, 0.6) is 5.75 Å². The van der Waals surface area contributed by atoms with Gasteiger partial charge >= 0.3 is 0 Å². The van der Waals surface area contributed by atoms with E-state index >= 15 is 0 Å². The number of rotatable bonds is 6. The number of anilines is 1. The highest BCUT2D eigenvalue weighted by Crippen LogP contribution is 2.27. The van der Waals surface area contributed by atoms with Gasteiger partial charge in [-0.15, -0.1) is 0 Å². The molecular formula is C16H21N3O2. The van der Waals surface area contributed by atoms with Crippen molar-refractivity contribution in [2.45, 2.75) is 32.7 Å². The minimum Gasteiger partial charge on any atom is -0.481 e. The van der Waals surface area contributed by atoms with E-state index in [1.807, 2.05) is 26.0 Å². The van der Waals surface area contributed by atoms with Gasteiger partial charge in [-0.1, -0.05) is 13.8 Å². The molecule has 0 bridgehead atoms. The number of fused-ring (bicyclic) bond motifs is 1. The minimum atomic E-state index is -0.121. The summed E-state index contributed by atoms with van der Waals surface area (Å²) >= 11 is 0. The minimum absolute atomic E-state index is 0.0217. The predicted octanol–water partition coefficient (Wildman–Crippen LogP) is 2.50. The molecule has 0 radical (unpaired) electrons. The number of nitrogen functional groups attached to an aromatic ring is 1. The van der Waals surface area contributed by atoms with Crippen LogP contribution in [0, 0.1) is 0 Å². The Bertz CT molecular complexity index is 624. The van der Waals surface area contributed by atoms with Crippen molar-refractivity contribution in [3.8, 4) is 5.75 Å². The summed E-state index contributed by atoms with van der Waals surface area (Å²) in [7, 11) is 0. The van der Waals surface area contributed by atoms with Gasteiger partial charge in [0.2, 0.25) is 0 Å². The van der Waals surface area contributed by atoms with Gasteiger partial charge in [-0.3, -0.25) is 9.78 Å². The van der Waals surface area contributed by atoms with Crippen molar-refractivity contribution in [1.29, 1.82) is 0 Å². The maximum Gasteiger partial charge on any atom is 0.258 e. The van der Waals surface area contributed by atoms with Gasteiger partial charge in [0, 0.05) is 23.3 Å². The molecule has 0 unspecified atom stereocenters. The second-order valence-electron chi connectivity index (χ2n) is 4.92. The summed E-state index contributed by atoms with van der Waals surface area (Å²) in [5, 5.41) is 3.77. The number of ether oxygens (including phenoxy) is 1. The van der Waals surface area contributed by atoms with E-state index in [0.717, 1.165) is 18.2 Å². The molecule has 21 heavy (non-hydrogen) atoms. The van der Waals surface area contributed by atoms with E-state index in [-0.39, 0.29) is 18.6 Å². The fourth-order valence-electron chi connectivity index (χ4n) is 2.19. The lowest BCUT2D eigenvalue weighted by molar-refractivity contribution is -0.123. The van der Waals surface area contributed by atoms with Gasteiger partial charge in [0.25, 0.3) is 5.91 Å². The number of nitrogens with zero attached hydrogens (tertiary/aromatic N) is 1. The highest BCUT2D eigenvalue weighted by Gasteiger charge is 2.11. The van der Waals surface area contributed by atoms with E-state index in [2.05, 4.69) is 10.3 Å². The molecule has 0 aliphatic carbocycles. The number of amides is 1. The molecule has 1 aromatic heterocycles. The molecule has 5 heteroatoms. The summed E-state index contributed by atoms with van der Waals surface area (Å²) < 4.78 is 5.60. The molecule has 1 heterocycles. The molecule has 1 aromatic carbocycles. The molecule has 5 nitrogen and oxygen atoms in total. The number of benzene rings is 1. The average molecular weight is 287 g/mol. The molecular weight excluding hydrogens is 266 g/mol. The van der Waals surface area contributed by atoms with Crippen LogP contribution in [-0.2, 0) is 4.79 Å². The smallest absolute Gasteiger partial charge is 0.258 e. The van der Waals surface area contributed by atoms with Crippen LogP contribution in [0.25, 0.3) is 10.9 Å². The van der Waals surface area contributed by atoms with Crippen LogP contribution in [0.15, 0.2) is 30.5 Å². The van der Waals surface area contributed by atoms with Crippen molar-refractivity contribution in [3.05, 3.63) is 30.5 Å². The Hall–Kier alpha value is -2.30. The standard InChI is InChI=1S/C16H21N3O2/c1-3-11(4-2)19-15(20)10-21-14-8-7-13(17)12-6-5-9-18-16(12)14/h5-9,11H,3-4,10,17H2,1-2H3,(H,19,20). The number of carbonyl (C=O) groups is 1. The Kier molecular flexibility index (Phi) is 4.98. The summed E-state index contributed by atoms with van der Waals surface area (Å²) in [5.74, 6) is 0.448. The van der Waals surface area contributed by atoms with Crippen molar-refractivity contribution < 1.29 is 9.53 Å². The first-order valence-corrected chi connectivity index (χ1v) is 7.21. The fraction of sp³-hybridized carbons (Fsp3) is 0.375. The Morgan fingerprint density at radius 2 is 2.10 bits per heavy atom. The Morgan fingerprint density at radius 1 is 1.33 bits per heavy atom. The van der Waals surface area contributed by atoms with E-state index in [1.54, 1.807) is 18.3 Å². The van der Waals surface area contributed by atoms with Crippen LogP contribution in [0.1, 0.15) is 26.7 Å². The first-order valence-electron chi connectivity index (χ1n) is 7.21. The number of hydrogen-bond donors (Lipinski definition) is 2. The summed E-state index contributed by atoms with van der Waals surface area (Å²) in [6.07, 6.45) is 3.50. The third-order valence-corrected chi connectivity index (χ3v) is 3.48. The highest BCUT2D eigenvalue weighted by atomic mass is 16.5. The maximum absolute atomic E-state index is 11.9. The molecule has 0 saturated heterocycles. The molecule has 0 fully saturated rings. The zero-order valence-electron chi connectivity index (χ0n) is 12.4. The molecule has 112 valence electrons. The lowest BCUT2D eigenvalue weighted by atomic mass is 10.1. The largest absolute Gasteiger partial charge is 0.481 e. The van der Waals surface area contributed by atoms with Gasteiger partial charge in [-0.25, -0.2) is 0 Å². The lowest BCUT2D eigenvalue weighted by Gasteiger charge is -2.15. The van der Waals surface area contributed by atoms with Gasteiger partial charge in [0.1, 0.15) is 11.3 Å². The van der Waals surface area contributed by atoms with E-state index < -0.39 is 0 Å². The number of nitrogens with one attached hydrogen (secondary N) is 1. The van der Waals surface area contributed by atoms with Crippen LogP contribution >= 0.6 is 0 Å². The highest BCUT2D eigenvalue weighted by molar-refractivity contribution is 5.94. The van der Waals surface area contributed by atoms with Crippen molar-refractivity contribution in [3.63, 3.8) is 0 Å². The number of hydrogen-bond acceptors (Lipinski definition) is 4. The third-order valence-electron chi connectivity index (χ3n) is 3.48. The average Bonchev–Trinajstić information content (AvgIpc) is 2.52. The van der Waals surface area contributed by atoms with Crippen LogP contribution in [0.3, 0.4) is 0 Å². The molecule has 3 N–H and O–H groups in total. The topological polar surface area (TPSA) is 77.2 Å². The molecule has 0 spiro atoms. The van der Waals surface area contributed by atoms with Crippen LogP contribution in [-0.4, -0.2) is 23.5 Å². The van der Waals surface area contributed by atoms with Crippen LogP contribution < -0.4 is 15.8 Å². The Balaban J connectivity index is 2.07. The summed E-state index contributed by atoms with van der Waals surface area (Å²) in [5.41, 5.74) is 7.23. The van der Waals surface area contributed by atoms with Crippen LogP contribution in [0.4, 0.5) is 5.69 Å². The van der Waals surface area contributed by atoms with Crippen molar-refractivity contribution in [2.75, 3.05) is 12.3 Å². The predicted molar refractivity (Wildman–Crippen MR) is 84.2 cm³/mol. The third kappa shape index (κ3) is 3.62. The van der Waals surface area contributed by atoms with E-state index in [1.165, 1.54) is 0 Å². The van der Waals surface area contributed by atoms with E-state index in [9.17, 15) is 4.79 Å². The molecule has 0 aliphatic heterocycles. The maximum atomic E-state index is 11.9. The number of carbonyl (C=O) groups excluding carboxylic acids is 1. The quantitative estimate of drug-likeness (QED) is 0.800. The van der Waals surface area contributed by atoms with E-state index in [0.29, 0.717) is 17.0 Å². The summed E-state index contributed by atoms with van der Waals surface area (Å²) in [6, 6.07) is 7.41. The fourth-order valence-corrected chi connectivity index (χ4v) is 2.19. The molecule has 2 rings (SSSR count). The van der Waals surface area contributed by atoms with Gasteiger partial charge in [-0.2, -0.15) is 0 Å². The number of pyridine rings is 1. The van der Waals surface area contributed by atoms with Crippen molar-refractivity contribution in [2.24, 2.45) is 0 Å². The first-order chi connectivity index (χ1) is 10.2. The Morgan fingerprint density at radius 3 is 2.81 bits per heavy atom. The second-order valence-corrected chi connectivity index (χ2v) is 4.92. The molecule has 0 aliphatic rings. The molecule has 1 amide bonds. The van der Waals surface area contributed by atoms with Gasteiger partial charge < -0.3 is 15.8 Å². The zero-order chi connectivity index (χ0) is 15.2. The second kappa shape index (κ2) is 6.92. The van der Waals surface area contributed by atoms with Crippen molar-refractivity contribution in [1.82, 2.24) is 10.3 Å². The molecule has 0 atom stereocenters. The van der Waals surface area contributed by atoms with Gasteiger partial charge in [0.05, 0.1) is 0 Å². The normalized spacial score (nSPS) is 10.8. The summed E-state index contributed by atoms with van der Waals surface area (Å²) in [6.45, 7) is 4.07. The van der Waals surface area contributed by atoms with Crippen LogP contribution in [0.2, 0.25) is 0 Å². The summed E-state index contributed by atoms with van der Waals surface area (Å²) in [4.78, 5) is 16.1. The van der Waals surface area contributed by atoms with Gasteiger partial charge in [0.15, 0.2) is 6.61 Å². The monoisotopic (exact) mass is 287 g/mol. The molecule has 2 aromatic rings. The van der Waals surface area contributed by atoms with E-state index in [4.69, 9.17) is 10.5 Å².